The van der Waals surface area contributed by atoms with Crippen LogP contribution >= 0.6 is 0 Å². The minimum absolute atomic E-state index is 0.0651. The molecule has 1 aromatic heterocycles. The molecule has 2 aromatic rings. The summed E-state index contributed by atoms with van der Waals surface area (Å²) in [4.78, 5) is 0. The summed E-state index contributed by atoms with van der Waals surface area (Å²) >= 11 is 0. The van der Waals surface area contributed by atoms with Gasteiger partial charge in [0.2, 0.25) is 0 Å². The summed E-state index contributed by atoms with van der Waals surface area (Å²) in [6, 6.07) is 7.17. The van der Waals surface area contributed by atoms with Gasteiger partial charge in [-0.15, -0.1) is 0 Å². The van der Waals surface area contributed by atoms with Crippen LogP contribution in [0.25, 0.3) is 11.0 Å². The van der Waals surface area contributed by atoms with Gasteiger partial charge in [0.25, 0.3) is 0 Å². The van der Waals surface area contributed by atoms with Gasteiger partial charge in [-0.3, -0.25) is 5.84 Å². The average molecular weight is 302 g/mol. The largest absolute Gasteiger partial charge is 0.459 e. The Morgan fingerprint density at radius 2 is 2.14 bits per heavy atom. The first-order valence-electron chi connectivity index (χ1n) is 6.50. The topological polar surface area (TPSA) is 60.4 Å². The molecule has 0 bridgehead atoms. The first-order chi connectivity index (χ1) is 9.90. The minimum atomic E-state index is -4.32. The summed E-state index contributed by atoms with van der Waals surface area (Å²) in [6.07, 6.45) is -4.03. The maximum atomic E-state index is 12.0. The number of benzene rings is 1. The van der Waals surface area contributed by atoms with Gasteiger partial charge < -0.3 is 9.15 Å². The lowest BCUT2D eigenvalue weighted by atomic mass is 10.1. The molecule has 0 aliphatic rings. The van der Waals surface area contributed by atoms with Crippen molar-refractivity contribution in [1.29, 1.82) is 0 Å². The zero-order chi connectivity index (χ0) is 15.5. The molecule has 1 heterocycles. The third-order valence-corrected chi connectivity index (χ3v) is 3.12. The Labute approximate surface area is 120 Å². The summed E-state index contributed by atoms with van der Waals surface area (Å²) in [5, 5.41) is 0.932. The van der Waals surface area contributed by atoms with Crippen LogP contribution in [-0.2, 0) is 4.74 Å². The van der Waals surface area contributed by atoms with Crippen LogP contribution in [0.1, 0.15) is 23.8 Å². The fraction of sp³-hybridized carbons (Fsp3) is 0.429. The third kappa shape index (κ3) is 4.20. The van der Waals surface area contributed by atoms with Crippen molar-refractivity contribution in [3.8, 4) is 0 Å². The zero-order valence-electron chi connectivity index (χ0n) is 11.5. The predicted molar refractivity (Wildman–Crippen MR) is 72.5 cm³/mol. The van der Waals surface area contributed by atoms with E-state index in [0.717, 1.165) is 16.5 Å². The second-order valence-electron chi connectivity index (χ2n) is 4.82. The van der Waals surface area contributed by atoms with Crippen LogP contribution in [0, 0.1) is 6.92 Å². The van der Waals surface area contributed by atoms with Gasteiger partial charge in [-0.25, -0.2) is 5.43 Å². The number of aryl methyl sites for hydroxylation is 1. The molecular formula is C14H17F3N2O2. The number of hydrogen-bond acceptors (Lipinski definition) is 4. The number of fused-ring (bicyclic) bond motifs is 1. The third-order valence-electron chi connectivity index (χ3n) is 3.12. The lowest BCUT2D eigenvalue weighted by Crippen LogP contribution is -2.29. The Bertz CT molecular complexity index is 595. The van der Waals surface area contributed by atoms with Crippen LogP contribution in [0.2, 0.25) is 0 Å². The van der Waals surface area contributed by atoms with E-state index in [0.29, 0.717) is 5.76 Å². The number of para-hydroxylation sites is 1. The highest BCUT2D eigenvalue weighted by atomic mass is 19.4. The van der Waals surface area contributed by atoms with Gasteiger partial charge in [-0.1, -0.05) is 18.2 Å². The van der Waals surface area contributed by atoms with Gasteiger partial charge in [-0.2, -0.15) is 13.2 Å². The molecule has 0 amide bonds. The number of furan rings is 1. The summed E-state index contributed by atoms with van der Waals surface area (Å²) in [5.74, 6) is 6.03. The maximum absolute atomic E-state index is 12.0. The van der Waals surface area contributed by atoms with Crippen molar-refractivity contribution < 1.29 is 22.3 Å². The zero-order valence-corrected chi connectivity index (χ0v) is 11.5. The molecule has 116 valence electrons. The molecule has 7 heteroatoms. The molecule has 2 rings (SSSR count). The fourth-order valence-electron chi connectivity index (χ4n) is 2.10. The molecule has 0 radical (unpaired) electrons. The van der Waals surface area contributed by atoms with Gasteiger partial charge in [-0.05, 0) is 25.0 Å². The van der Waals surface area contributed by atoms with Crippen molar-refractivity contribution in [3.63, 3.8) is 0 Å². The monoisotopic (exact) mass is 302 g/mol. The van der Waals surface area contributed by atoms with Gasteiger partial charge in [0.1, 0.15) is 18.0 Å². The number of nitrogens with two attached hydrogens (primary N) is 1. The van der Waals surface area contributed by atoms with E-state index in [1.54, 1.807) is 0 Å². The Morgan fingerprint density at radius 3 is 2.76 bits per heavy atom. The van der Waals surface area contributed by atoms with E-state index in [2.05, 4.69) is 10.2 Å². The summed E-state index contributed by atoms with van der Waals surface area (Å²) in [5.41, 5.74) is 4.28. The van der Waals surface area contributed by atoms with E-state index in [-0.39, 0.29) is 13.0 Å². The number of hydrazine groups is 1. The molecule has 21 heavy (non-hydrogen) atoms. The molecule has 0 spiro atoms. The van der Waals surface area contributed by atoms with Crippen molar-refractivity contribution in [1.82, 2.24) is 5.43 Å². The highest BCUT2D eigenvalue weighted by Gasteiger charge is 2.27. The summed E-state index contributed by atoms with van der Waals surface area (Å²) in [7, 11) is 0. The molecule has 1 aromatic carbocycles. The molecule has 1 atom stereocenters. The van der Waals surface area contributed by atoms with E-state index >= 15 is 0 Å². The van der Waals surface area contributed by atoms with E-state index in [4.69, 9.17) is 10.3 Å². The number of hydrogen-bond donors (Lipinski definition) is 2. The number of rotatable bonds is 6. The molecule has 0 saturated heterocycles. The molecule has 0 aliphatic carbocycles. The Hall–Kier alpha value is -1.57. The lowest BCUT2D eigenvalue weighted by molar-refractivity contribution is -0.174. The van der Waals surface area contributed by atoms with E-state index in [9.17, 15) is 13.2 Å². The summed E-state index contributed by atoms with van der Waals surface area (Å²) < 4.78 is 46.3. The van der Waals surface area contributed by atoms with Gasteiger partial charge >= 0.3 is 6.18 Å². The smallest absolute Gasteiger partial charge is 0.411 e. The molecule has 4 nitrogen and oxygen atoms in total. The molecular weight excluding hydrogens is 285 g/mol. The predicted octanol–water partition coefficient (Wildman–Crippen LogP) is 3.21. The number of ether oxygens (including phenoxy) is 1. The van der Waals surface area contributed by atoms with Crippen LogP contribution in [0.4, 0.5) is 13.2 Å². The van der Waals surface area contributed by atoms with Crippen molar-refractivity contribution >= 4 is 11.0 Å². The second-order valence-corrected chi connectivity index (χ2v) is 4.82. The van der Waals surface area contributed by atoms with Gasteiger partial charge in [0.05, 0.1) is 6.04 Å². The molecule has 1 unspecified atom stereocenters. The van der Waals surface area contributed by atoms with Crippen LogP contribution in [-0.4, -0.2) is 19.4 Å². The van der Waals surface area contributed by atoms with Gasteiger partial charge in [0.15, 0.2) is 0 Å². The van der Waals surface area contributed by atoms with E-state index < -0.39 is 18.8 Å². The SMILES string of the molecule is Cc1cccc2cc(C(CCOCC(F)(F)F)NN)oc12. The number of halogens is 3. The molecule has 3 N–H and O–H groups in total. The van der Waals surface area contributed by atoms with Crippen molar-refractivity contribution in [2.75, 3.05) is 13.2 Å². The van der Waals surface area contributed by atoms with Crippen LogP contribution < -0.4 is 11.3 Å². The quantitative estimate of drug-likeness (QED) is 0.489. The van der Waals surface area contributed by atoms with E-state index in [1.807, 2.05) is 31.2 Å². The first-order valence-corrected chi connectivity index (χ1v) is 6.50. The Morgan fingerprint density at radius 1 is 1.38 bits per heavy atom. The second kappa shape index (κ2) is 6.46. The number of alkyl halides is 3. The van der Waals surface area contributed by atoms with Crippen LogP contribution in [0.5, 0.6) is 0 Å². The standard InChI is InChI=1S/C14H17F3N2O2/c1-9-3-2-4-10-7-12(21-13(9)10)11(19-18)5-6-20-8-14(15,16)17/h2-4,7,11,19H,5-6,8,18H2,1H3. The summed E-state index contributed by atoms with van der Waals surface area (Å²) in [6.45, 7) is 0.598. The number of nitrogens with one attached hydrogen (secondary N) is 1. The highest BCUT2D eigenvalue weighted by Crippen LogP contribution is 2.27. The Kier molecular flexibility index (Phi) is 4.87. The first kappa shape index (κ1) is 15.8. The molecule has 0 saturated carbocycles. The van der Waals surface area contributed by atoms with Gasteiger partial charge in [0, 0.05) is 12.0 Å². The average Bonchev–Trinajstić information content (AvgIpc) is 2.83. The van der Waals surface area contributed by atoms with Crippen LogP contribution in [0.3, 0.4) is 0 Å². The molecule has 0 aliphatic heterocycles. The normalized spacial score (nSPS) is 13.8. The Balaban J connectivity index is 2.01. The maximum Gasteiger partial charge on any atom is 0.411 e. The van der Waals surface area contributed by atoms with Crippen LogP contribution in [0.15, 0.2) is 28.7 Å². The highest BCUT2D eigenvalue weighted by molar-refractivity contribution is 5.80. The minimum Gasteiger partial charge on any atom is -0.459 e. The fourth-order valence-corrected chi connectivity index (χ4v) is 2.10. The molecule has 0 fully saturated rings. The van der Waals surface area contributed by atoms with E-state index in [1.165, 1.54) is 0 Å². The van der Waals surface area contributed by atoms with Crippen molar-refractivity contribution in [3.05, 3.63) is 35.6 Å². The van der Waals surface area contributed by atoms with Crippen molar-refractivity contribution in [2.45, 2.75) is 25.6 Å². The lowest BCUT2D eigenvalue weighted by Gasteiger charge is -2.14. The van der Waals surface area contributed by atoms with Crippen molar-refractivity contribution in [2.24, 2.45) is 5.84 Å².